The molecule has 3 heterocycles. The highest BCUT2D eigenvalue weighted by atomic mass is 16.2. The minimum absolute atomic E-state index is 0.0424. The number of rotatable bonds is 4. The zero-order valence-corrected chi connectivity index (χ0v) is 12.3. The van der Waals surface area contributed by atoms with Crippen molar-refractivity contribution in [2.24, 2.45) is 5.92 Å². The van der Waals surface area contributed by atoms with Gasteiger partial charge >= 0.3 is 0 Å². The first-order valence-corrected chi connectivity index (χ1v) is 7.77. The molecule has 0 unspecified atom stereocenters. The van der Waals surface area contributed by atoms with Crippen molar-refractivity contribution in [3.05, 3.63) is 18.2 Å². The highest BCUT2D eigenvalue weighted by Gasteiger charge is 2.22. The van der Waals surface area contributed by atoms with E-state index in [2.05, 4.69) is 14.9 Å². The van der Waals surface area contributed by atoms with Crippen LogP contribution in [-0.2, 0) is 22.6 Å². The van der Waals surface area contributed by atoms with Crippen LogP contribution in [0.15, 0.2) is 12.4 Å². The lowest BCUT2D eigenvalue weighted by Gasteiger charge is -2.27. The molecule has 1 saturated heterocycles. The fraction of sp³-hybridized carbons (Fsp3) is 0.667. The van der Waals surface area contributed by atoms with E-state index >= 15 is 0 Å². The Morgan fingerprint density at radius 2 is 2.29 bits per heavy atom. The van der Waals surface area contributed by atoms with E-state index < -0.39 is 0 Å². The van der Waals surface area contributed by atoms with Gasteiger partial charge in [0.1, 0.15) is 5.82 Å². The molecule has 2 aliphatic heterocycles. The maximum Gasteiger partial charge on any atom is 0.239 e. The van der Waals surface area contributed by atoms with Crippen LogP contribution in [-0.4, -0.2) is 45.9 Å². The average molecular weight is 290 g/mol. The zero-order valence-electron chi connectivity index (χ0n) is 12.3. The first-order chi connectivity index (χ1) is 10.2. The number of nitrogens with zero attached hydrogens (tertiary/aromatic N) is 3. The van der Waals surface area contributed by atoms with E-state index in [-0.39, 0.29) is 18.4 Å². The summed E-state index contributed by atoms with van der Waals surface area (Å²) in [6.45, 7) is 2.57. The van der Waals surface area contributed by atoms with Crippen molar-refractivity contribution in [3.8, 4) is 0 Å². The van der Waals surface area contributed by atoms with Gasteiger partial charge in [0.15, 0.2) is 0 Å². The Bertz CT molecular complexity index is 525. The molecule has 0 bridgehead atoms. The fourth-order valence-corrected chi connectivity index (χ4v) is 3.11. The summed E-state index contributed by atoms with van der Waals surface area (Å²) in [4.78, 5) is 29.7. The summed E-state index contributed by atoms with van der Waals surface area (Å²) in [7, 11) is 0. The standard InChI is InChI=1S/C15H22N4O2/c20-14(11-19-6-2-1-3-15(19)21)17-10-12-4-7-18-8-5-16-13(18)9-12/h5,8,12H,1-4,6-7,9-11H2,(H,17,20)/t12-/m0/s1. The van der Waals surface area contributed by atoms with E-state index in [9.17, 15) is 9.59 Å². The molecular weight excluding hydrogens is 268 g/mol. The summed E-state index contributed by atoms with van der Waals surface area (Å²) in [5.41, 5.74) is 0. The fourth-order valence-electron chi connectivity index (χ4n) is 3.11. The minimum atomic E-state index is -0.0424. The number of piperidine rings is 1. The number of carbonyl (C=O) groups excluding carboxylic acids is 2. The lowest BCUT2D eigenvalue weighted by Crippen LogP contribution is -2.44. The topological polar surface area (TPSA) is 67.2 Å². The normalized spacial score (nSPS) is 22.0. The van der Waals surface area contributed by atoms with Crippen molar-refractivity contribution >= 4 is 11.8 Å². The van der Waals surface area contributed by atoms with Crippen molar-refractivity contribution in [1.82, 2.24) is 19.8 Å². The number of imidazole rings is 1. The molecule has 21 heavy (non-hydrogen) atoms. The molecule has 6 nitrogen and oxygen atoms in total. The summed E-state index contributed by atoms with van der Waals surface area (Å²) in [5.74, 6) is 1.61. The largest absolute Gasteiger partial charge is 0.354 e. The van der Waals surface area contributed by atoms with Gasteiger partial charge in [0.25, 0.3) is 0 Å². The van der Waals surface area contributed by atoms with Crippen LogP contribution in [0.1, 0.15) is 31.5 Å². The third kappa shape index (κ3) is 3.43. The van der Waals surface area contributed by atoms with Crippen LogP contribution in [0.2, 0.25) is 0 Å². The van der Waals surface area contributed by atoms with Gasteiger partial charge in [0.05, 0.1) is 6.54 Å². The second-order valence-electron chi connectivity index (χ2n) is 5.97. The second-order valence-corrected chi connectivity index (χ2v) is 5.97. The Kier molecular flexibility index (Phi) is 4.22. The Hall–Kier alpha value is -1.85. The number of nitrogens with one attached hydrogen (secondary N) is 1. The third-order valence-electron chi connectivity index (χ3n) is 4.39. The number of hydrogen-bond donors (Lipinski definition) is 1. The third-order valence-corrected chi connectivity index (χ3v) is 4.39. The van der Waals surface area contributed by atoms with Crippen LogP contribution in [0.25, 0.3) is 0 Å². The van der Waals surface area contributed by atoms with Gasteiger partial charge < -0.3 is 14.8 Å². The highest BCUT2D eigenvalue weighted by Crippen LogP contribution is 2.18. The SMILES string of the molecule is O=C(CN1CCCCC1=O)NC[C@H]1CCn2ccnc2C1. The number of carbonyl (C=O) groups is 2. The van der Waals surface area contributed by atoms with Gasteiger partial charge in [-0.2, -0.15) is 0 Å². The summed E-state index contributed by atoms with van der Waals surface area (Å²) in [6, 6.07) is 0. The number of amides is 2. The van der Waals surface area contributed by atoms with Crippen LogP contribution in [0.3, 0.4) is 0 Å². The number of aromatic nitrogens is 2. The lowest BCUT2D eigenvalue weighted by atomic mass is 9.98. The molecule has 6 heteroatoms. The molecular formula is C15H22N4O2. The van der Waals surface area contributed by atoms with Gasteiger partial charge in [-0.1, -0.05) is 0 Å². The van der Waals surface area contributed by atoms with Crippen molar-refractivity contribution in [2.75, 3.05) is 19.6 Å². The van der Waals surface area contributed by atoms with Crippen LogP contribution in [0.5, 0.6) is 0 Å². The molecule has 2 amide bonds. The maximum absolute atomic E-state index is 12.0. The Morgan fingerprint density at radius 1 is 1.38 bits per heavy atom. The van der Waals surface area contributed by atoms with E-state index in [0.717, 1.165) is 38.1 Å². The van der Waals surface area contributed by atoms with E-state index in [0.29, 0.717) is 25.4 Å². The van der Waals surface area contributed by atoms with Crippen LogP contribution in [0.4, 0.5) is 0 Å². The summed E-state index contributed by atoms with van der Waals surface area (Å²) < 4.78 is 2.17. The van der Waals surface area contributed by atoms with Gasteiger partial charge in [-0.3, -0.25) is 9.59 Å². The quantitative estimate of drug-likeness (QED) is 0.882. The Labute approximate surface area is 124 Å². The van der Waals surface area contributed by atoms with Crippen molar-refractivity contribution < 1.29 is 9.59 Å². The van der Waals surface area contributed by atoms with Crippen molar-refractivity contribution in [2.45, 2.75) is 38.6 Å². The van der Waals surface area contributed by atoms with Crippen LogP contribution in [0, 0.1) is 5.92 Å². The predicted molar refractivity (Wildman–Crippen MR) is 77.5 cm³/mol. The number of fused-ring (bicyclic) bond motifs is 1. The molecule has 1 N–H and O–H groups in total. The molecule has 0 aromatic carbocycles. The molecule has 0 aliphatic carbocycles. The van der Waals surface area contributed by atoms with Crippen LogP contribution >= 0.6 is 0 Å². The molecule has 0 radical (unpaired) electrons. The van der Waals surface area contributed by atoms with E-state index in [4.69, 9.17) is 0 Å². The van der Waals surface area contributed by atoms with Crippen molar-refractivity contribution in [1.29, 1.82) is 0 Å². The first kappa shape index (κ1) is 14.1. The Morgan fingerprint density at radius 3 is 3.14 bits per heavy atom. The Balaban J connectivity index is 1.43. The van der Waals surface area contributed by atoms with Gasteiger partial charge in [-0.05, 0) is 25.2 Å². The van der Waals surface area contributed by atoms with Gasteiger partial charge in [-0.15, -0.1) is 0 Å². The van der Waals surface area contributed by atoms with E-state index in [1.54, 1.807) is 4.90 Å². The summed E-state index contributed by atoms with van der Waals surface area (Å²) in [6.07, 6.45) is 8.35. The highest BCUT2D eigenvalue weighted by molar-refractivity contribution is 5.85. The number of aryl methyl sites for hydroxylation is 1. The summed E-state index contributed by atoms with van der Waals surface area (Å²) >= 11 is 0. The summed E-state index contributed by atoms with van der Waals surface area (Å²) in [5, 5.41) is 2.97. The lowest BCUT2D eigenvalue weighted by molar-refractivity contribution is -0.137. The number of hydrogen-bond acceptors (Lipinski definition) is 3. The minimum Gasteiger partial charge on any atom is -0.354 e. The molecule has 0 saturated carbocycles. The monoisotopic (exact) mass is 290 g/mol. The number of likely N-dealkylation sites (tertiary alicyclic amines) is 1. The first-order valence-electron chi connectivity index (χ1n) is 7.77. The maximum atomic E-state index is 12.0. The second kappa shape index (κ2) is 6.28. The van der Waals surface area contributed by atoms with Crippen molar-refractivity contribution in [3.63, 3.8) is 0 Å². The molecule has 1 atom stereocenters. The van der Waals surface area contributed by atoms with E-state index in [1.165, 1.54) is 0 Å². The zero-order chi connectivity index (χ0) is 14.7. The predicted octanol–water partition coefficient (Wildman–Crippen LogP) is 0.574. The molecule has 1 fully saturated rings. The molecule has 0 spiro atoms. The molecule has 1 aromatic heterocycles. The molecule has 1 aromatic rings. The smallest absolute Gasteiger partial charge is 0.239 e. The average Bonchev–Trinajstić information content (AvgIpc) is 2.95. The van der Waals surface area contributed by atoms with Gasteiger partial charge in [0.2, 0.25) is 11.8 Å². The van der Waals surface area contributed by atoms with E-state index in [1.807, 2.05) is 12.4 Å². The van der Waals surface area contributed by atoms with Gasteiger partial charge in [-0.25, -0.2) is 4.98 Å². The molecule has 2 aliphatic rings. The van der Waals surface area contributed by atoms with Crippen LogP contribution < -0.4 is 5.32 Å². The van der Waals surface area contributed by atoms with Gasteiger partial charge in [0, 0.05) is 44.9 Å². The molecule has 114 valence electrons. The molecule has 3 rings (SSSR count).